The second-order valence-corrected chi connectivity index (χ2v) is 3.78. The number of esters is 2. The summed E-state index contributed by atoms with van der Waals surface area (Å²) >= 11 is 0. The topological polar surface area (TPSA) is 88.1 Å². The molecule has 7 heteroatoms. The highest BCUT2D eigenvalue weighted by molar-refractivity contribution is 5.87. The van der Waals surface area contributed by atoms with Crippen molar-refractivity contribution >= 4 is 18.1 Å². The third-order valence-electron chi connectivity index (χ3n) is 1.77. The molecule has 0 amide bonds. The summed E-state index contributed by atoms with van der Waals surface area (Å²) in [6.07, 6.45) is -0.942. The predicted octanol–water partition coefficient (Wildman–Crippen LogP) is 1.38. The monoisotopic (exact) mass is 286 g/mol. The summed E-state index contributed by atoms with van der Waals surface area (Å²) in [5, 5.41) is 0. The number of hydrogen-bond donors (Lipinski definition) is 0. The van der Waals surface area contributed by atoms with Crippen LogP contribution in [0.1, 0.15) is 13.8 Å². The smallest absolute Gasteiger partial charge is 0.459 e. The van der Waals surface area contributed by atoms with Crippen molar-refractivity contribution in [1.29, 1.82) is 0 Å². The predicted molar refractivity (Wildman–Crippen MR) is 68.8 cm³/mol. The fourth-order valence-electron chi connectivity index (χ4n) is 0.807. The molecule has 0 radical (unpaired) electrons. The fourth-order valence-corrected chi connectivity index (χ4v) is 0.807. The molecule has 112 valence electrons. The van der Waals surface area contributed by atoms with E-state index in [1.54, 1.807) is 0 Å². The van der Waals surface area contributed by atoms with Crippen molar-refractivity contribution in [1.82, 2.24) is 0 Å². The molecule has 0 aliphatic heterocycles. The second kappa shape index (κ2) is 9.60. The molecular weight excluding hydrogens is 268 g/mol. The highest BCUT2D eigenvalue weighted by Gasteiger charge is 2.07. The molecule has 0 heterocycles. The third kappa shape index (κ3) is 8.73. The third-order valence-corrected chi connectivity index (χ3v) is 1.77. The average Bonchev–Trinajstić information content (AvgIpc) is 2.38. The molecule has 0 saturated heterocycles. The van der Waals surface area contributed by atoms with Crippen LogP contribution in [0.2, 0.25) is 0 Å². The summed E-state index contributed by atoms with van der Waals surface area (Å²) < 4.78 is 18.6. The molecule has 0 N–H and O–H groups in total. The van der Waals surface area contributed by atoms with E-state index < -0.39 is 18.1 Å². The Morgan fingerprint density at radius 3 is 1.30 bits per heavy atom. The fraction of sp³-hybridized carbons (Fsp3) is 0.462. The van der Waals surface area contributed by atoms with Crippen LogP contribution >= 0.6 is 0 Å². The molecule has 0 bridgehead atoms. The van der Waals surface area contributed by atoms with E-state index in [1.807, 2.05) is 0 Å². The molecule has 0 atom stereocenters. The van der Waals surface area contributed by atoms with E-state index in [1.165, 1.54) is 13.8 Å². The van der Waals surface area contributed by atoms with E-state index in [0.29, 0.717) is 0 Å². The summed E-state index contributed by atoms with van der Waals surface area (Å²) in [6, 6.07) is 0. The van der Waals surface area contributed by atoms with Crippen LogP contribution in [0.4, 0.5) is 4.79 Å². The molecule has 0 aromatic carbocycles. The number of rotatable bonds is 8. The van der Waals surface area contributed by atoms with E-state index in [2.05, 4.69) is 32.1 Å². The first kappa shape index (κ1) is 17.7. The minimum Gasteiger partial charge on any atom is -0.459 e. The SMILES string of the molecule is C=C(C)C(=O)OCCOC(=O)OCCOC(=O)C(=C)C. The van der Waals surface area contributed by atoms with Crippen LogP contribution in [-0.2, 0) is 28.5 Å². The van der Waals surface area contributed by atoms with Crippen LogP contribution in [-0.4, -0.2) is 44.5 Å². The Bertz CT molecular complexity index is 362. The maximum absolute atomic E-state index is 11.0. The lowest BCUT2D eigenvalue weighted by Gasteiger charge is -2.07. The molecule has 0 spiro atoms. The van der Waals surface area contributed by atoms with Gasteiger partial charge in [-0.05, 0) is 13.8 Å². The Balaban J connectivity index is 3.55. The number of carbonyl (C=O) groups excluding carboxylic acids is 3. The lowest BCUT2D eigenvalue weighted by atomic mass is 10.4. The molecule has 0 aliphatic rings. The lowest BCUT2D eigenvalue weighted by molar-refractivity contribution is -0.140. The first-order chi connectivity index (χ1) is 9.34. The highest BCUT2D eigenvalue weighted by Crippen LogP contribution is 1.94. The average molecular weight is 286 g/mol. The zero-order valence-corrected chi connectivity index (χ0v) is 11.6. The second-order valence-electron chi connectivity index (χ2n) is 3.78. The van der Waals surface area contributed by atoms with Crippen molar-refractivity contribution in [2.24, 2.45) is 0 Å². The maximum Gasteiger partial charge on any atom is 0.508 e. The van der Waals surface area contributed by atoms with E-state index in [0.717, 1.165) is 0 Å². The van der Waals surface area contributed by atoms with Gasteiger partial charge in [0.2, 0.25) is 0 Å². The van der Waals surface area contributed by atoms with Crippen LogP contribution < -0.4 is 0 Å². The number of carbonyl (C=O) groups is 3. The molecular formula is C13H18O7. The van der Waals surface area contributed by atoms with Crippen molar-refractivity contribution < 1.29 is 33.3 Å². The van der Waals surface area contributed by atoms with Crippen LogP contribution in [0.25, 0.3) is 0 Å². The van der Waals surface area contributed by atoms with Gasteiger partial charge >= 0.3 is 18.1 Å². The summed E-state index contributed by atoms with van der Waals surface area (Å²) in [4.78, 5) is 33.0. The molecule has 0 aromatic rings. The van der Waals surface area contributed by atoms with Crippen molar-refractivity contribution in [3.8, 4) is 0 Å². The standard InChI is InChI=1S/C13H18O7/c1-9(2)11(14)17-5-7-19-13(16)20-8-6-18-12(15)10(3)4/h1,3,5-8H2,2,4H3. The van der Waals surface area contributed by atoms with Crippen LogP contribution in [0.5, 0.6) is 0 Å². The van der Waals surface area contributed by atoms with Crippen LogP contribution in [0.3, 0.4) is 0 Å². The van der Waals surface area contributed by atoms with Gasteiger partial charge in [-0.25, -0.2) is 14.4 Å². The van der Waals surface area contributed by atoms with Gasteiger partial charge in [-0.1, -0.05) is 13.2 Å². The van der Waals surface area contributed by atoms with E-state index in [9.17, 15) is 14.4 Å². The van der Waals surface area contributed by atoms with Crippen molar-refractivity contribution in [2.75, 3.05) is 26.4 Å². The van der Waals surface area contributed by atoms with E-state index >= 15 is 0 Å². The van der Waals surface area contributed by atoms with Crippen LogP contribution in [0.15, 0.2) is 24.3 Å². The van der Waals surface area contributed by atoms with Crippen molar-refractivity contribution in [2.45, 2.75) is 13.8 Å². The summed E-state index contributed by atoms with van der Waals surface area (Å²) in [5.74, 6) is -1.12. The molecule has 7 nitrogen and oxygen atoms in total. The first-order valence-corrected chi connectivity index (χ1v) is 5.79. The molecule has 0 saturated carbocycles. The zero-order valence-electron chi connectivity index (χ0n) is 11.6. The first-order valence-electron chi connectivity index (χ1n) is 5.79. The van der Waals surface area contributed by atoms with Gasteiger partial charge in [0.25, 0.3) is 0 Å². The summed E-state index contributed by atoms with van der Waals surface area (Å²) in [6.45, 7) is 9.33. The van der Waals surface area contributed by atoms with Crippen LogP contribution in [0, 0.1) is 0 Å². The van der Waals surface area contributed by atoms with Gasteiger partial charge in [-0.15, -0.1) is 0 Å². The van der Waals surface area contributed by atoms with E-state index in [-0.39, 0.29) is 37.6 Å². The molecule has 0 fully saturated rings. The normalized spacial score (nSPS) is 9.30. The Morgan fingerprint density at radius 2 is 1.00 bits per heavy atom. The van der Waals surface area contributed by atoms with E-state index in [4.69, 9.17) is 0 Å². The van der Waals surface area contributed by atoms with Gasteiger partial charge in [0.15, 0.2) is 0 Å². The molecule has 20 heavy (non-hydrogen) atoms. The molecule has 0 aliphatic carbocycles. The van der Waals surface area contributed by atoms with Gasteiger partial charge < -0.3 is 18.9 Å². The largest absolute Gasteiger partial charge is 0.508 e. The van der Waals surface area contributed by atoms with Gasteiger partial charge in [-0.2, -0.15) is 0 Å². The van der Waals surface area contributed by atoms with Gasteiger partial charge in [-0.3, -0.25) is 0 Å². The van der Waals surface area contributed by atoms with Gasteiger partial charge in [0.05, 0.1) is 0 Å². The lowest BCUT2D eigenvalue weighted by Crippen LogP contribution is -2.17. The van der Waals surface area contributed by atoms with Crippen molar-refractivity contribution in [3.63, 3.8) is 0 Å². The maximum atomic E-state index is 11.0. The Morgan fingerprint density at radius 1 is 0.700 bits per heavy atom. The van der Waals surface area contributed by atoms with Gasteiger partial charge in [0.1, 0.15) is 26.4 Å². The quantitative estimate of drug-likeness (QED) is 0.288. The Labute approximate surface area is 117 Å². The zero-order chi connectivity index (χ0) is 15.5. The summed E-state index contributed by atoms with van der Waals surface area (Å²) in [5.41, 5.74) is 0.513. The molecule has 0 rings (SSSR count). The van der Waals surface area contributed by atoms with Gasteiger partial charge in [0, 0.05) is 11.1 Å². The minimum absolute atomic E-state index is 0.0918. The minimum atomic E-state index is -0.942. The highest BCUT2D eigenvalue weighted by atomic mass is 16.7. The summed E-state index contributed by atoms with van der Waals surface area (Å²) in [7, 11) is 0. The Kier molecular flexibility index (Phi) is 8.49. The molecule has 0 unspecified atom stereocenters. The molecule has 0 aromatic heterocycles. The number of ether oxygens (including phenoxy) is 4. The number of hydrogen-bond acceptors (Lipinski definition) is 7. The Hall–Kier alpha value is -2.31. The van der Waals surface area contributed by atoms with Crippen molar-refractivity contribution in [3.05, 3.63) is 24.3 Å².